The van der Waals surface area contributed by atoms with Crippen molar-refractivity contribution in [3.63, 3.8) is 0 Å². The van der Waals surface area contributed by atoms with E-state index in [2.05, 4.69) is 36.2 Å². The largest absolute Gasteiger partial charge is 0.368 e. The van der Waals surface area contributed by atoms with E-state index >= 15 is 0 Å². The molecular formula is C10H12BrN5S. The van der Waals surface area contributed by atoms with Gasteiger partial charge in [0.25, 0.3) is 0 Å². The van der Waals surface area contributed by atoms with Gasteiger partial charge < -0.3 is 11.1 Å². The Morgan fingerprint density at radius 2 is 2.18 bits per heavy atom. The van der Waals surface area contributed by atoms with E-state index in [0.717, 1.165) is 4.47 Å². The molecule has 2 rings (SSSR count). The van der Waals surface area contributed by atoms with Crippen molar-refractivity contribution in [3.8, 4) is 0 Å². The molecule has 17 heavy (non-hydrogen) atoms. The number of hydrogen-bond donors (Lipinski definition) is 2. The van der Waals surface area contributed by atoms with E-state index in [4.69, 9.17) is 5.73 Å². The zero-order valence-electron chi connectivity index (χ0n) is 9.44. The second-order valence-corrected chi connectivity index (χ2v) is 5.37. The third-order valence-electron chi connectivity index (χ3n) is 2.15. The Labute approximate surface area is 112 Å². The van der Waals surface area contributed by atoms with Crippen LogP contribution in [0.1, 0.15) is 23.7 Å². The van der Waals surface area contributed by atoms with E-state index in [9.17, 15) is 0 Å². The molecule has 1 atom stereocenters. The number of aryl methyl sites for hydroxylation is 1. The number of anilines is 2. The van der Waals surface area contributed by atoms with E-state index in [0.29, 0.717) is 11.8 Å². The number of halogens is 1. The fraction of sp³-hybridized carbons (Fsp3) is 0.300. The molecule has 1 unspecified atom stereocenters. The quantitative estimate of drug-likeness (QED) is 0.911. The fourth-order valence-corrected chi connectivity index (χ4v) is 3.17. The number of nitrogens with zero attached hydrogens (tertiary/aromatic N) is 3. The maximum absolute atomic E-state index is 5.57. The van der Waals surface area contributed by atoms with Gasteiger partial charge in [0.15, 0.2) is 0 Å². The zero-order chi connectivity index (χ0) is 12.4. The highest BCUT2D eigenvalue weighted by molar-refractivity contribution is 9.10. The van der Waals surface area contributed by atoms with Crippen LogP contribution in [0.2, 0.25) is 0 Å². The third-order valence-corrected chi connectivity index (χ3v) is 4.20. The lowest BCUT2D eigenvalue weighted by Crippen LogP contribution is -2.11. The molecule has 3 N–H and O–H groups in total. The van der Waals surface area contributed by atoms with Crippen LogP contribution in [0.25, 0.3) is 0 Å². The molecule has 0 aliphatic carbocycles. The molecule has 90 valence electrons. The average Bonchev–Trinajstić information content (AvgIpc) is 2.62. The first-order chi connectivity index (χ1) is 8.06. The first-order valence-corrected chi connectivity index (χ1v) is 6.71. The Bertz CT molecular complexity index is 507. The zero-order valence-corrected chi connectivity index (χ0v) is 11.8. The molecule has 0 aliphatic heterocycles. The Morgan fingerprint density at radius 3 is 2.76 bits per heavy atom. The highest BCUT2D eigenvalue weighted by Crippen LogP contribution is 2.30. The van der Waals surface area contributed by atoms with Crippen LogP contribution in [0.15, 0.2) is 15.9 Å². The molecule has 7 heteroatoms. The minimum Gasteiger partial charge on any atom is -0.368 e. The van der Waals surface area contributed by atoms with E-state index in [-0.39, 0.29) is 12.0 Å². The molecule has 0 fully saturated rings. The van der Waals surface area contributed by atoms with Crippen molar-refractivity contribution in [3.05, 3.63) is 26.6 Å². The first-order valence-electron chi connectivity index (χ1n) is 5.04. The number of thiophene rings is 1. The standard InChI is InChI=1S/C10H12BrN5S/c1-5(8-7(11)3-4-17-8)13-10-15-6(2)14-9(12)16-10/h3-5H,1-2H3,(H3,12,13,14,15,16). The lowest BCUT2D eigenvalue weighted by molar-refractivity contribution is 0.860. The summed E-state index contributed by atoms with van der Waals surface area (Å²) in [6, 6.07) is 2.14. The topological polar surface area (TPSA) is 76.7 Å². The van der Waals surface area contributed by atoms with Gasteiger partial charge in [-0.25, -0.2) is 0 Å². The van der Waals surface area contributed by atoms with Gasteiger partial charge >= 0.3 is 0 Å². The van der Waals surface area contributed by atoms with E-state index in [1.54, 1.807) is 18.3 Å². The number of nitrogen functional groups attached to an aromatic ring is 1. The Morgan fingerprint density at radius 1 is 1.41 bits per heavy atom. The lowest BCUT2D eigenvalue weighted by atomic mass is 10.3. The fourth-order valence-electron chi connectivity index (χ4n) is 1.44. The van der Waals surface area contributed by atoms with E-state index < -0.39 is 0 Å². The van der Waals surface area contributed by atoms with Gasteiger partial charge in [-0.15, -0.1) is 11.3 Å². The molecule has 0 saturated carbocycles. The van der Waals surface area contributed by atoms with Crippen LogP contribution in [-0.4, -0.2) is 15.0 Å². The molecule has 2 aromatic heterocycles. The molecule has 2 aromatic rings. The van der Waals surface area contributed by atoms with Gasteiger partial charge in [-0.05, 0) is 41.2 Å². The first kappa shape index (κ1) is 12.3. The summed E-state index contributed by atoms with van der Waals surface area (Å²) >= 11 is 5.18. The van der Waals surface area contributed by atoms with E-state index in [1.807, 2.05) is 18.4 Å². The molecular weight excluding hydrogens is 302 g/mol. The van der Waals surface area contributed by atoms with Crippen molar-refractivity contribution in [1.29, 1.82) is 0 Å². The van der Waals surface area contributed by atoms with Crippen LogP contribution in [0.3, 0.4) is 0 Å². The molecule has 0 aromatic carbocycles. The van der Waals surface area contributed by atoms with Crippen LogP contribution >= 0.6 is 27.3 Å². The minimum atomic E-state index is 0.116. The highest BCUT2D eigenvalue weighted by atomic mass is 79.9. The second-order valence-electron chi connectivity index (χ2n) is 3.56. The average molecular weight is 314 g/mol. The Hall–Kier alpha value is -1.21. The van der Waals surface area contributed by atoms with Crippen LogP contribution in [0.4, 0.5) is 11.9 Å². The Balaban J connectivity index is 2.18. The number of hydrogen-bond acceptors (Lipinski definition) is 6. The third kappa shape index (κ3) is 2.92. The van der Waals surface area contributed by atoms with Gasteiger partial charge in [0.05, 0.1) is 6.04 Å². The lowest BCUT2D eigenvalue weighted by Gasteiger charge is -2.13. The number of nitrogens with two attached hydrogens (primary N) is 1. The summed E-state index contributed by atoms with van der Waals surface area (Å²) in [5.41, 5.74) is 5.57. The maximum atomic E-state index is 5.57. The van der Waals surface area contributed by atoms with Crippen molar-refractivity contribution in [2.24, 2.45) is 0 Å². The summed E-state index contributed by atoms with van der Waals surface area (Å²) in [6.07, 6.45) is 0. The molecule has 5 nitrogen and oxygen atoms in total. The van der Waals surface area contributed by atoms with Crippen molar-refractivity contribution >= 4 is 39.2 Å². The summed E-state index contributed by atoms with van der Waals surface area (Å²) in [7, 11) is 0. The van der Waals surface area contributed by atoms with Crippen molar-refractivity contribution in [2.45, 2.75) is 19.9 Å². The van der Waals surface area contributed by atoms with Gasteiger partial charge in [0, 0.05) is 9.35 Å². The summed E-state index contributed by atoms with van der Waals surface area (Å²) in [5.74, 6) is 1.35. The van der Waals surface area contributed by atoms with Crippen LogP contribution in [0.5, 0.6) is 0 Å². The van der Waals surface area contributed by atoms with Crippen molar-refractivity contribution < 1.29 is 0 Å². The minimum absolute atomic E-state index is 0.116. The number of aromatic nitrogens is 3. The maximum Gasteiger partial charge on any atom is 0.228 e. The van der Waals surface area contributed by atoms with Gasteiger partial charge in [0.2, 0.25) is 11.9 Å². The van der Waals surface area contributed by atoms with Crippen molar-refractivity contribution in [2.75, 3.05) is 11.1 Å². The van der Waals surface area contributed by atoms with Gasteiger partial charge in [-0.1, -0.05) is 0 Å². The van der Waals surface area contributed by atoms with E-state index in [1.165, 1.54) is 4.88 Å². The predicted molar refractivity (Wildman–Crippen MR) is 73.0 cm³/mol. The highest BCUT2D eigenvalue weighted by Gasteiger charge is 2.12. The molecule has 0 radical (unpaired) electrons. The molecule has 0 spiro atoms. The summed E-state index contributed by atoms with van der Waals surface area (Å²) in [4.78, 5) is 13.4. The Kier molecular flexibility index (Phi) is 3.58. The molecule has 0 aliphatic rings. The van der Waals surface area contributed by atoms with Gasteiger partial charge in [-0.3, -0.25) is 0 Å². The van der Waals surface area contributed by atoms with Crippen molar-refractivity contribution in [1.82, 2.24) is 15.0 Å². The SMILES string of the molecule is Cc1nc(N)nc(NC(C)c2sccc2Br)n1. The summed E-state index contributed by atoms with van der Waals surface area (Å²) in [5, 5.41) is 5.24. The van der Waals surface area contributed by atoms with Gasteiger partial charge in [-0.2, -0.15) is 15.0 Å². The smallest absolute Gasteiger partial charge is 0.228 e. The predicted octanol–water partition coefficient (Wildman–Crippen LogP) is 2.76. The van der Waals surface area contributed by atoms with Gasteiger partial charge in [0.1, 0.15) is 5.82 Å². The molecule has 2 heterocycles. The summed E-state index contributed by atoms with van der Waals surface area (Å²) in [6.45, 7) is 3.83. The number of nitrogens with one attached hydrogen (secondary N) is 1. The molecule has 0 saturated heterocycles. The monoisotopic (exact) mass is 313 g/mol. The second kappa shape index (κ2) is 4.97. The number of rotatable bonds is 3. The molecule has 0 bridgehead atoms. The van der Waals surface area contributed by atoms with Crippen LogP contribution in [0, 0.1) is 6.92 Å². The van der Waals surface area contributed by atoms with Crippen LogP contribution < -0.4 is 11.1 Å². The molecule has 0 amide bonds. The normalized spacial score (nSPS) is 12.4. The van der Waals surface area contributed by atoms with Crippen LogP contribution in [-0.2, 0) is 0 Å². The summed E-state index contributed by atoms with van der Waals surface area (Å²) < 4.78 is 1.08.